The number of rotatable bonds is 5. The third kappa shape index (κ3) is 4.30. The minimum atomic E-state index is -1.20. The smallest absolute Gasteiger partial charge is 0.409 e. The van der Waals surface area contributed by atoms with E-state index in [9.17, 15) is 14.4 Å². The quantitative estimate of drug-likeness (QED) is 0.643. The van der Waals surface area contributed by atoms with Gasteiger partial charge in [0.1, 0.15) is 12.1 Å². The minimum Gasteiger partial charge on any atom is -0.448 e. The van der Waals surface area contributed by atoms with Crippen LogP contribution in [0.5, 0.6) is 0 Å². The Hall–Kier alpha value is -3.39. The zero-order valence-corrected chi connectivity index (χ0v) is 19.0. The largest absolute Gasteiger partial charge is 0.448 e. The molecular weight excluding hydrogens is 420 g/mol. The third-order valence-corrected chi connectivity index (χ3v) is 6.74. The number of primary amides is 1. The number of fused-ring (bicyclic) bond motifs is 3. The highest BCUT2D eigenvalue weighted by molar-refractivity contribution is 5.93. The molecule has 0 radical (unpaired) electrons. The number of nitrogens with two attached hydrogens (primary N) is 2. The van der Waals surface area contributed by atoms with E-state index in [0.717, 1.165) is 11.1 Å². The maximum absolute atomic E-state index is 12.8. The molecule has 1 aliphatic carbocycles. The molecule has 174 valence electrons. The summed E-state index contributed by atoms with van der Waals surface area (Å²) in [5.41, 5.74) is 13.9. The summed E-state index contributed by atoms with van der Waals surface area (Å²) < 4.78 is 5.70. The van der Waals surface area contributed by atoms with Crippen molar-refractivity contribution < 1.29 is 19.1 Å². The highest BCUT2D eigenvalue weighted by Gasteiger charge is 2.42. The molecule has 0 aromatic heterocycles. The van der Waals surface area contributed by atoms with Crippen LogP contribution >= 0.6 is 0 Å². The van der Waals surface area contributed by atoms with E-state index in [4.69, 9.17) is 16.2 Å². The number of piperidine rings is 1. The van der Waals surface area contributed by atoms with Gasteiger partial charge in [0, 0.05) is 19.0 Å². The standard InChI is InChI=1S/C25H30N4O4/c1-24(2,21(26)30)28-22(31)25(27)11-13-29(14-12-25)23(32)33-15-20-18-9-5-3-7-16(18)17-8-4-6-10-19(17)20/h3-10,20H,11-15,27H2,1-2H3,(H2,26,30)(H,28,31). The van der Waals surface area contributed by atoms with E-state index in [2.05, 4.69) is 29.6 Å². The third-order valence-electron chi connectivity index (χ3n) is 6.74. The number of carbonyl (C=O) groups is 3. The Labute approximate surface area is 193 Å². The van der Waals surface area contributed by atoms with Crippen LogP contribution < -0.4 is 16.8 Å². The summed E-state index contributed by atoms with van der Waals surface area (Å²) in [6.07, 6.45) is 0.104. The van der Waals surface area contributed by atoms with Gasteiger partial charge in [0.25, 0.3) is 0 Å². The average molecular weight is 451 g/mol. The molecule has 8 nitrogen and oxygen atoms in total. The molecule has 1 saturated heterocycles. The molecule has 0 bridgehead atoms. The monoisotopic (exact) mass is 450 g/mol. The minimum absolute atomic E-state index is 0.0125. The lowest BCUT2D eigenvalue weighted by Gasteiger charge is -2.39. The fourth-order valence-electron chi connectivity index (χ4n) is 4.47. The van der Waals surface area contributed by atoms with E-state index in [1.165, 1.54) is 25.0 Å². The topological polar surface area (TPSA) is 128 Å². The molecule has 0 atom stereocenters. The van der Waals surface area contributed by atoms with Crippen LogP contribution in [0.1, 0.15) is 43.7 Å². The Morgan fingerprint density at radius 2 is 1.55 bits per heavy atom. The molecular formula is C25H30N4O4. The van der Waals surface area contributed by atoms with Crippen LogP contribution in [0.2, 0.25) is 0 Å². The van der Waals surface area contributed by atoms with Crippen LogP contribution in [-0.2, 0) is 14.3 Å². The highest BCUT2D eigenvalue weighted by Crippen LogP contribution is 2.44. The Morgan fingerprint density at radius 3 is 2.06 bits per heavy atom. The second-order valence-electron chi connectivity index (χ2n) is 9.39. The summed E-state index contributed by atoms with van der Waals surface area (Å²) in [6.45, 7) is 3.88. The molecule has 3 amide bonds. The van der Waals surface area contributed by atoms with Gasteiger partial charge in [-0.1, -0.05) is 48.5 Å². The van der Waals surface area contributed by atoms with E-state index >= 15 is 0 Å². The second-order valence-corrected chi connectivity index (χ2v) is 9.39. The van der Waals surface area contributed by atoms with Gasteiger partial charge in [-0.3, -0.25) is 9.59 Å². The van der Waals surface area contributed by atoms with Gasteiger partial charge in [-0.2, -0.15) is 0 Å². The van der Waals surface area contributed by atoms with Crippen LogP contribution in [0.3, 0.4) is 0 Å². The van der Waals surface area contributed by atoms with E-state index in [-0.39, 0.29) is 38.5 Å². The number of likely N-dealkylation sites (tertiary alicyclic amines) is 1. The number of ether oxygens (including phenoxy) is 1. The van der Waals surface area contributed by atoms with Crippen molar-refractivity contribution >= 4 is 17.9 Å². The first-order chi connectivity index (χ1) is 15.6. The van der Waals surface area contributed by atoms with E-state index in [1.54, 1.807) is 4.90 Å². The fraction of sp³-hybridized carbons (Fsp3) is 0.400. The summed E-state index contributed by atoms with van der Waals surface area (Å²) in [5.74, 6) is -1.10. The SMILES string of the molecule is CC(C)(NC(=O)C1(N)CCN(C(=O)OCC2c3ccccc3-c3ccccc32)CC1)C(N)=O. The molecule has 0 saturated carbocycles. The summed E-state index contributed by atoms with van der Waals surface area (Å²) in [7, 11) is 0. The molecule has 1 heterocycles. The van der Waals surface area contributed by atoms with Crippen molar-refractivity contribution in [2.45, 2.75) is 43.7 Å². The molecule has 0 unspecified atom stereocenters. The van der Waals surface area contributed by atoms with Gasteiger partial charge in [-0.05, 0) is 48.9 Å². The maximum Gasteiger partial charge on any atom is 0.409 e. The van der Waals surface area contributed by atoms with Crippen LogP contribution in [0.4, 0.5) is 4.79 Å². The number of carbonyl (C=O) groups excluding carboxylic acids is 3. The molecule has 33 heavy (non-hydrogen) atoms. The van der Waals surface area contributed by atoms with Crippen molar-refractivity contribution in [3.63, 3.8) is 0 Å². The molecule has 2 aromatic rings. The Bertz CT molecular complexity index is 1040. The number of amides is 3. The molecule has 1 fully saturated rings. The van der Waals surface area contributed by atoms with Gasteiger partial charge in [0.15, 0.2) is 0 Å². The number of hydrogen-bond acceptors (Lipinski definition) is 5. The summed E-state index contributed by atoms with van der Waals surface area (Å²) in [6, 6.07) is 16.3. The second kappa shape index (κ2) is 8.51. The fourth-order valence-corrected chi connectivity index (χ4v) is 4.47. The van der Waals surface area contributed by atoms with Gasteiger partial charge >= 0.3 is 6.09 Å². The van der Waals surface area contributed by atoms with Crippen molar-refractivity contribution in [3.05, 3.63) is 59.7 Å². The number of benzene rings is 2. The first-order valence-electron chi connectivity index (χ1n) is 11.1. The van der Waals surface area contributed by atoms with Crippen molar-refractivity contribution in [1.82, 2.24) is 10.2 Å². The van der Waals surface area contributed by atoms with Crippen LogP contribution in [0.15, 0.2) is 48.5 Å². The lowest BCUT2D eigenvalue weighted by atomic mass is 9.86. The zero-order chi connectivity index (χ0) is 23.8. The highest BCUT2D eigenvalue weighted by atomic mass is 16.6. The predicted molar refractivity (Wildman–Crippen MR) is 124 cm³/mol. The Balaban J connectivity index is 1.36. The number of hydrogen-bond donors (Lipinski definition) is 3. The van der Waals surface area contributed by atoms with Gasteiger partial charge < -0.3 is 26.4 Å². The van der Waals surface area contributed by atoms with Gasteiger partial charge in [0.2, 0.25) is 11.8 Å². The van der Waals surface area contributed by atoms with Crippen LogP contribution in [0, 0.1) is 0 Å². The van der Waals surface area contributed by atoms with E-state index < -0.39 is 29.0 Å². The van der Waals surface area contributed by atoms with Gasteiger partial charge in [-0.15, -0.1) is 0 Å². The molecule has 0 spiro atoms. The Kier molecular flexibility index (Phi) is 5.88. The lowest BCUT2D eigenvalue weighted by Crippen LogP contribution is -2.65. The molecule has 8 heteroatoms. The molecule has 2 aromatic carbocycles. The van der Waals surface area contributed by atoms with Crippen LogP contribution in [-0.4, -0.2) is 53.6 Å². The summed E-state index contributed by atoms with van der Waals surface area (Å²) in [4.78, 5) is 38.5. The number of nitrogens with one attached hydrogen (secondary N) is 1. The summed E-state index contributed by atoms with van der Waals surface area (Å²) in [5, 5.41) is 2.62. The van der Waals surface area contributed by atoms with E-state index in [0.29, 0.717) is 0 Å². The van der Waals surface area contributed by atoms with Crippen molar-refractivity contribution in [2.24, 2.45) is 11.5 Å². The predicted octanol–water partition coefficient (Wildman–Crippen LogP) is 2.11. The lowest BCUT2D eigenvalue weighted by molar-refractivity contribution is -0.134. The van der Waals surface area contributed by atoms with Crippen molar-refractivity contribution in [3.8, 4) is 11.1 Å². The number of nitrogens with zero attached hydrogens (tertiary/aromatic N) is 1. The van der Waals surface area contributed by atoms with Gasteiger partial charge in [-0.25, -0.2) is 4.79 Å². The molecule has 5 N–H and O–H groups in total. The summed E-state index contributed by atoms with van der Waals surface area (Å²) >= 11 is 0. The van der Waals surface area contributed by atoms with Gasteiger partial charge in [0.05, 0.1) is 5.54 Å². The van der Waals surface area contributed by atoms with E-state index in [1.807, 2.05) is 24.3 Å². The maximum atomic E-state index is 12.8. The normalized spacial score (nSPS) is 17.1. The molecule has 1 aliphatic heterocycles. The van der Waals surface area contributed by atoms with Crippen molar-refractivity contribution in [1.29, 1.82) is 0 Å². The Morgan fingerprint density at radius 1 is 1.03 bits per heavy atom. The zero-order valence-electron chi connectivity index (χ0n) is 19.0. The first kappa shape index (κ1) is 22.8. The molecule has 4 rings (SSSR count). The van der Waals surface area contributed by atoms with Crippen LogP contribution in [0.25, 0.3) is 11.1 Å². The molecule has 2 aliphatic rings. The van der Waals surface area contributed by atoms with Crippen molar-refractivity contribution in [2.75, 3.05) is 19.7 Å². The average Bonchev–Trinajstić information content (AvgIpc) is 3.11. The first-order valence-corrected chi connectivity index (χ1v) is 11.1.